The van der Waals surface area contributed by atoms with Gasteiger partial charge in [0.1, 0.15) is 35.6 Å². The van der Waals surface area contributed by atoms with Gasteiger partial charge in [0.15, 0.2) is 0 Å². The van der Waals surface area contributed by atoms with Crippen molar-refractivity contribution in [1.82, 2.24) is 5.32 Å². The van der Waals surface area contributed by atoms with Gasteiger partial charge in [0, 0.05) is 12.0 Å². The molecule has 0 heterocycles. The lowest BCUT2D eigenvalue weighted by Crippen LogP contribution is -2.45. The normalized spacial score (nSPS) is 12.0. The predicted molar refractivity (Wildman–Crippen MR) is 120 cm³/mol. The highest BCUT2D eigenvalue weighted by molar-refractivity contribution is 9.10. The first-order valence-corrected chi connectivity index (χ1v) is 10.6. The van der Waals surface area contributed by atoms with E-state index >= 15 is 0 Å². The number of methoxy groups -OCH3 is 2. The molecule has 0 saturated carbocycles. The molecule has 7 nitrogen and oxygen atoms in total. The van der Waals surface area contributed by atoms with Crippen LogP contribution in [0.2, 0.25) is 0 Å². The van der Waals surface area contributed by atoms with Crippen LogP contribution in [-0.4, -0.2) is 37.9 Å². The lowest BCUT2D eigenvalue weighted by molar-refractivity contribution is -0.143. The van der Waals surface area contributed by atoms with Crippen molar-refractivity contribution in [3.63, 3.8) is 0 Å². The van der Waals surface area contributed by atoms with E-state index in [2.05, 4.69) is 21.2 Å². The highest BCUT2D eigenvalue weighted by Crippen LogP contribution is 2.32. The first kappa shape index (κ1) is 25.5. The molecular formula is C23H27BrFNO6. The Bertz CT molecular complexity index is 943. The maximum atomic E-state index is 14.1. The summed E-state index contributed by atoms with van der Waals surface area (Å²) >= 11 is 3.32. The quantitative estimate of drug-likeness (QED) is 0.513. The van der Waals surface area contributed by atoms with Crippen LogP contribution >= 0.6 is 15.9 Å². The van der Waals surface area contributed by atoms with Crippen LogP contribution in [0.1, 0.15) is 31.9 Å². The number of hydrogen-bond donors (Lipinski definition) is 1. The molecule has 0 saturated heterocycles. The summed E-state index contributed by atoms with van der Waals surface area (Å²) in [5.74, 6) is -0.157. The van der Waals surface area contributed by atoms with Crippen LogP contribution in [0.4, 0.5) is 9.18 Å². The molecule has 174 valence electrons. The summed E-state index contributed by atoms with van der Waals surface area (Å²) in [5.41, 5.74) is 0.487. The summed E-state index contributed by atoms with van der Waals surface area (Å²) in [6.45, 7) is 5.31. The monoisotopic (exact) mass is 511 g/mol. The van der Waals surface area contributed by atoms with Crippen LogP contribution in [0.3, 0.4) is 0 Å². The van der Waals surface area contributed by atoms with Crippen molar-refractivity contribution in [3.05, 3.63) is 57.8 Å². The van der Waals surface area contributed by atoms with E-state index < -0.39 is 29.5 Å². The SMILES string of the molecule is COC(=O)[C@H](Cc1cc(F)cc(Br)c1OCc1ccc(OC)cc1)NC(=O)OC(C)(C)C. The zero-order valence-corrected chi connectivity index (χ0v) is 20.2. The van der Waals surface area contributed by atoms with Gasteiger partial charge in [0.2, 0.25) is 0 Å². The molecule has 0 radical (unpaired) electrons. The molecule has 32 heavy (non-hydrogen) atoms. The van der Waals surface area contributed by atoms with Crippen LogP contribution < -0.4 is 14.8 Å². The van der Waals surface area contributed by atoms with Crippen molar-refractivity contribution in [3.8, 4) is 11.5 Å². The number of ether oxygens (including phenoxy) is 4. The van der Waals surface area contributed by atoms with E-state index in [1.807, 2.05) is 12.1 Å². The molecule has 0 fully saturated rings. The number of halogens is 2. The molecule has 1 N–H and O–H groups in total. The summed E-state index contributed by atoms with van der Waals surface area (Å²) in [4.78, 5) is 24.5. The number of hydrogen-bond acceptors (Lipinski definition) is 6. The van der Waals surface area contributed by atoms with E-state index in [0.29, 0.717) is 21.5 Å². The third kappa shape index (κ3) is 7.71. The largest absolute Gasteiger partial charge is 0.497 e. The fourth-order valence-corrected chi connectivity index (χ4v) is 3.40. The second kappa shape index (κ2) is 11.2. The lowest BCUT2D eigenvalue weighted by atomic mass is 10.0. The average Bonchev–Trinajstić information content (AvgIpc) is 2.71. The summed E-state index contributed by atoms with van der Waals surface area (Å²) in [7, 11) is 2.78. The standard InChI is InChI=1S/C23H27BrFNO6/c1-23(2,3)32-22(28)26-19(21(27)30-5)11-15-10-16(25)12-18(24)20(15)31-13-14-6-8-17(29-4)9-7-14/h6-10,12,19H,11,13H2,1-5H3,(H,26,28)/t19-/m0/s1. The Labute approximate surface area is 195 Å². The second-order valence-electron chi connectivity index (χ2n) is 7.94. The number of esters is 1. The van der Waals surface area contributed by atoms with Crippen LogP contribution in [0.15, 0.2) is 40.9 Å². The van der Waals surface area contributed by atoms with Crippen LogP contribution in [0, 0.1) is 5.82 Å². The molecule has 0 aliphatic heterocycles. The van der Waals surface area contributed by atoms with Crippen molar-refractivity contribution < 1.29 is 32.9 Å². The van der Waals surface area contributed by atoms with Gasteiger partial charge in [0.05, 0.1) is 18.7 Å². The van der Waals surface area contributed by atoms with Gasteiger partial charge in [0.25, 0.3) is 0 Å². The molecule has 0 bridgehead atoms. The number of nitrogens with one attached hydrogen (secondary N) is 1. The number of carbonyl (C=O) groups is 2. The Balaban J connectivity index is 2.24. The smallest absolute Gasteiger partial charge is 0.408 e. The third-order valence-corrected chi connectivity index (χ3v) is 4.82. The predicted octanol–water partition coefficient (Wildman–Crippen LogP) is 4.78. The molecule has 0 aliphatic rings. The van der Waals surface area contributed by atoms with Gasteiger partial charge in [-0.25, -0.2) is 14.0 Å². The van der Waals surface area contributed by atoms with Crippen molar-refractivity contribution in [2.45, 2.75) is 45.4 Å². The Morgan fingerprint density at radius 3 is 2.34 bits per heavy atom. The van der Waals surface area contributed by atoms with Crippen molar-refractivity contribution in [1.29, 1.82) is 0 Å². The van der Waals surface area contributed by atoms with E-state index in [0.717, 1.165) is 5.56 Å². The minimum absolute atomic E-state index is 0.0692. The van der Waals surface area contributed by atoms with Crippen LogP contribution in [0.25, 0.3) is 0 Å². The number of amides is 1. The van der Waals surface area contributed by atoms with E-state index in [1.54, 1.807) is 40.0 Å². The summed E-state index contributed by atoms with van der Waals surface area (Å²) in [6, 6.07) is 8.71. The van der Waals surface area contributed by atoms with Crippen molar-refractivity contribution >= 4 is 28.0 Å². The van der Waals surface area contributed by atoms with Gasteiger partial charge in [-0.15, -0.1) is 0 Å². The number of alkyl carbamates (subject to hydrolysis) is 1. The zero-order valence-electron chi connectivity index (χ0n) is 18.7. The number of rotatable bonds is 8. The summed E-state index contributed by atoms with van der Waals surface area (Å²) in [6.07, 6.45) is -0.857. The Kier molecular flexibility index (Phi) is 8.89. The maximum Gasteiger partial charge on any atom is 0.408 e. The summed E-state index contributed by atoms with van der Waals surface area (Å²) in [5, 5.41) is 2.48. The van der Waals surface area contributed by atoms with Gasteiger partial charge in [-0.1, -0.05) is 12.1 Å². The Morgan fingerprint density at radius 2 is 1.78 bits per heavy atom. The van der Waals surface area contributed by atoms with Crippen LogP contribution in [-0.2, 0) is 27.3 Å². The molecule has 2 aromatic carbocycles. The molecule has 0 aliphatic carbocycles. The zero-order chi connectivity index (χ0) is 23.9. The molecule has 2 rings (SSSR count). The molecule has 0 unspecified atom stereocenters. The van der Waals surface area contributed by atoms with Gasteiger partial charge >= 0.3 is 12.1 Å². The number of benzene rings is 2. The number of carbonyl (C=O) groups excluding carboxylic acids is 2. The topological polar surface area (TPSA) is 83.1 Å². The van der Waals surface area contributed by atoms with Gasteiger partial charge in [-0.05, 0) is 66.5 Å². The molecule has 0 aromatic heterocycles. The minimum atomic E-state index is -1.10. The molecule has 9 heteroatoms. The first-order valence-electron chi connectivity index (χ1n) is 9.83. The first-order chi connectivity index (χ1) is 15.0. The molecule has 1 atom stereocenters. The van der Waals surface area contributed by atoms with Crippen LogP contribution in [0.5, 0.6) is 11.5 Å². The summed E-state index contributed by atoms with van der Waals surface area (Å²) < 4.78 is 35.6. The maximum absolute atomic E-state index is 14.1. The second-order valence-corrected chi connectivity index (χ2v) is 8.79. The average molecular weight is 512 g/mol. The fraction of sp³-hybridized carbons (Fsp3) is 0.391. The Morgan fingerprint density at radius 1 is 1.12 bits per heavy atom. The van der Waals surface area contributed by atoms with Crippen molar-refractivity contribution in [2.75, 3.05) is 14.2 Å². The van der Waals surface area contributed by atoms with E-state index in [1.165, 1.54) is 19.2 Å². The van der Waals surface area contributed by atoms with Gasteiger partial charge in [-0.2, -0.15) is 0 Å². The molecule has 2 aromatic rings. The minimum Gasteiger partial charge on any atom is -0.497 e. The molecular weight excluding hydrogens is 485 g/mol. The fourth-order valence-electron chi connectivity index (χ4n) is 2.81. The Hall–Kier alpha value is -2.81. The van der Waals surface area contributed by atoms with Crippen molar-refractivity contribution in [2.24, 2.45) is 0 Å². The highest BCUT2D eigenvalue weighted by Gasteiger charge is 2.27. The van der Waals surface area contributed by atoms with E-state index in [4.69, 9.17) is 18.9 Å². The van der Waals surface area contributed by atoms with E-state index in [-0.39, 0.29) is 13.0 Å². The highest BCUT2D eigenvalue weighted by atomic mass is 79.9. The van der Waals surface area contributed by atoms with Gasteiger partial charge in [-0.3, -0.25) is 0 Å². The molecule has 0 spiro atoms. The van der Waals surface area contributed by atoms with Gasteiger partial charge < -0.3 is 24.3 Å². The lowest BCUT2D eigenvalue weighted by Gasteiger charge is -2.23. The third-order valence-electron chi connectivity index (χ3n) is 4.23. The van der Waals surface area contributed by atoms with E-state index in [9.17, 15) is 14.0 Å². The molecule has 1 amide bonds.